The summed E-state index contributed by atoms with van der Waals surface area (Å²) in [6, 6.07) is 4.84. The van der Waals surface area contributed by atoms with Crippen LogP contribution >= 0.6 is 0 Å². The molecule has 0 radical (unpaired) electrons. The number of hydrogen-bond acceptors (Lipinski definition) is 1. The first-order chi connectivity index (χ1) is 7.57. The average molecular weight is 219 g/mol. The Bertz CT molecular complexity index is 555. The number of para-hydroxylation sites is 1. The van der Waals surface area contributed by atoms with Crippen LogP contribution < -0.4 is 0 Å². The third kappa shape index (κ3) is 1.35. The van der Waals surface area contributed by atoms with E-state index in [1.165, 1.54) is 6.07 Å². The Morgan fingerprint density at radius 1 is 1.38 bits per heavy atom. The molecule has 0 aliphatic heterocycles. The van der Waals surface area contributed by atoms with E-state index in [1.807, 2.05) is 13.8 Å². The SMILES string of the molecule is CC(C)c1c(C=O)c2cccc(F)c2n1C. The molecule has 0 unspecified atom stereocenters. The molecule has 0 atom stereocenters. The zero-order chi connectivity index (χ0) is 11.9. The summed E-state index contributed by atoms with van der Waals surface area (Å²) in [5, 5.41) is 0.696. The van der Waals surface area contributed by atoms with Crippen LogP contribution in [0.2, 0.25) is 0 Å². The molecule has 2 rings (SSSR count). The Morgan fingerprint density at radius 2 is 2.06 bits per heavy atom. The molecule has 0 aliphatic rings. The van der Waals surface area contributed by atoms with E-state index in [2.05, 4.69) is 0 Å². The van der Waals surface area contributed by atoms with Crippen molar-refractivity contribution in [3.8, 4) is 0 Å². The number of rotatable bonds is 2. The lowest BCUT2D eigenvalue weighted by Gasteiger charge is -2.08. The van der Waals surface area contributed by atoms with Crippen LogP contribution in [0.15, 0.2) is 18.2 Å². The van der Waals surface area contributed by atoms with Gasteiger partial charge < -0.3 is 4.57 Å². The van der Waals surface area contributed by atoms with Crippen molar-refractivity contribution in [2.24, 2.45) is 7.05 Å². The minimum absolute atomic E-state index is 0.192. The molecule has 1 aromatic carbocycles. The van der Waals surface area contributed by atoms with Gasteiger partial charge in [0.25, 0.3) is 0 Å². The number of aldehydes is 1. The Hall–Kier alpha value is -1.64. The molecule has 3 heteroatoms. The number of hydrogen-bond donors (Lipinski definition) is 0. The molecule has 2 nitrogen and oxygen atoms in total. The number of nitrogens with zero attached hydrogens (tertiary/aromatic N) is 1. The lowest BCUT2D eigenvalue weighted by molar-refractivity contribution is 0.112. The normalized spacial score (nSPS) is 11.3. The van der Waals surface area contributed by atoms with Gasteiger partial charge in [0, 0.05) is 23.7 Å². The molecule has 0 bridgehead atoms. The van der Waals surface area contributed by atoms with Gasteiger partial charge in [-0.3, -0.25) is 4.79 Å². The minimum atomic E-state index is -0.282. The highest BCUT2D eigenvalue weighted by Gasteiger charge is 2.18. The molecule has 84 valence electrons. The summed E-state index contributed by atoms with van der Waals surface area (Å²) in [5.74, 6) is -0.0907. The van der Waals surface area contributed by atoms with Crippen molar-refractivity contribution < 1.29 is 9.18 Å². The molecule has 0 spiro atoms. The lowest BCUT2D eigenvalue weighted by atomic mass is 10.0. The Morgan fingerprint density at radius 3 is 2.62 bits per heavy atom. The number of aryl methyl sites for hydroxylation is 1. The summed E-state index contributed by atoms with van der Waals surface area (Å²) in [5.41, 5.74) is 2.00. The maximum atomic E-state index is 13.7. The largest absolute Gasteiger partial charge is 0.344 e. The molecule has 0 saturated heterocycles. The van der Waals surface area contributed by atoms with Gasteiger partial charge in [0.1, 0.15) is 5.82 Å². The van der Waals surface area contributed by atoms with Crippen molar-refractivity contribution >= 4 is 17.2 Å². The second kappa shape index (κ2) is 3.74. The first-order valence-corrected chi connectivity index (χ1v) is 5.30. The van der Waals surface area contributed by atoms with E-state index < -0.39 is 0 Å². The zero-order valence-electron chi connectivity index (χ0n) is 9.62. The van der Waals surface area contributed by atoms with Crippen LogP contribution in [-0.4, -0.2) is 10.9 Å². The number of carbonyl (C=O) groups excluding carboxylic acids is 1. The predicted octanol–water partition coefficient (Wildman–Crippen LogP) is 3.25. The monoisotopic (exact) mass is 219 g/mol. The van der Waals surface area contributed by atoms with Gasteiger partial charge >= 0.3 is 0 Å². The second-order valence-corrected chi connectivity index (χ2v) is 4.27. The molecule has 16 heavy (non-hydrogen) atoms. The van der Waals surface area contributed by atoms with Gasteiger partial charge in [0.2, 0.25) is 0 Å². The lowest BCUT2D eigenvalue weighted by Crippen LogP contribution is -2.01. The molecule has 0 N–H and O–H groups in total. The van der Waals surface area contributed by atoms with Crippen LogP contribution in [0.3, 0.4) is 0 Å². The van der Waals surface area contributed by atoms with Crippen molar-refractivity contribution in [1.82, 2.24) is 4.57 Å². The fraction of sp³-hybridized carbons (Fsp3) is 0.308. The van der Waals surface area contributed by atoms with Gasteiger partial charge in [0.05, 0.1) is 5.52 Å². The summed E-state index contributed by atoms with van der Waals surface area (Å²) in [4.78, 5) is 11.1. The molecular weight excluding hydrogens is 205 g/mol. The molecule has 0 aliphatic carbocycles. The van der Waals surface area contributed by atoms with Gasteiger partial charge in [-0.05, 0) is 12.0 Å². The first kappa shape index (κ1) is 10.9. The van der Waals surface area contributed by atoms with E-state index >= 15 is 0 Å². The molecule has 1 aromatic heterocycles. The first-order valence-electron chi connectivity index (χ1n) is 5.30. The Balaban J connectivity index is 2.96. The van der Waals surface area contributed by atoms with E-state index in [0.717, 1.165) is 12.0 Å². The number of fused-ring (bicyclic) bond motifs is 1. The zero-order valence-corrected chi connectivity index (χ0v) is 9.62. The predicted molar refractivity (Wildman–Crippen MR) is 62.4 cm³/mol. The number of carbonyl (C=O) groups is 1. The smallest absolute Gasteiger partial charge is 0.152 e. The van der Waals surface area contributed by atoms with Gasteiger partial charge in [-0.15, -0.1) is 0 Å². The maximum absolute atomic E-state index is 13.7. The quantitative estimate of drug-likeness (QED) is 0.710. The third-order valence-electron chi connectivity index (χ3n) is 2.91. The van der Waals surface area contributed by atoms with Crippen LogP contribution in [0.25, 0.3) is 10.9 Å². The number of benzene rings is 1. The van der Waals surface area contributed by atoms with Crippen LogP contribution in [-0.2, 0) is 7.05 Å². The average Bonchev–Trinajstić information content (AvgIpc) is 2.52. The fourth-order valence-corrected chi connectivity index (χ4v) is 2.33. The van der Waals surface area contributed by atoms with Crippen LogP contribution in [0, 0.1) is 5.82 Å². The molecule has 0 fully saturated rings. The summed E-state index contributed by atoms with van der Waals surface area (Å²) in [6.07, 6.45) is 0.817. The van der Waals surface area contributed by atoms with Crippen molar-refractivity contribution in [1.29, 1.82) is 0 Å². The fourth-order valence-electron chi connectivity index (χ4n) is 2.33. The molecular formula is C13H14FNO. The minimum Gasteiger partial charge on any atom is -0.344 e. The molecule has 0 amide bonds. The standard InChI is InChI=1S/C13H14FNO/c1-8(2)12-10(7-16)9-5-4-6-11(14)13(9)15(12)3/h4-8H,1-3H3. The van der Waals surface area contributed by atoms with Crippen LogP contribution in [0.1, 0.15) is 35.8 Å². The number of aromatic nitrogens is 1. The van der Waals surface area contributed by atoms with E-state index in [9.17, 15) is 9.18 Å². The van der Waals surface area contributed by atoms with Crippen molar-refractivity contribution in [2.75, 3.05) is 0 Å². The third-order valence-corrected chi connectivity index (χ3v) is 2.91. The Kier molecular flexibility index (Phi) is 2.54. The van der Waals surface area contributed by atoms with E-state index in [4.69, 9.17) is 0 Å². The number of halogens is 1. The van der Waals surface area contributed by atoms with Gasteiger partial charge in [-0.25, -0.2) is 4.39 Å². The highest BCUT2D eigenvalue weighted by molar-refractivity contribution is 5.99. The topological polar surface area (TPSA) is 22.0 Å². The summed E-state index contributed by atoms with van der Waals surface area (Å²) >= 11 is 0. The van der Waals surface area contributed by atoms with E-state index in [-0.39, 0.29) is 11.7 Å². The molecule has 0 saturated carbocycles. The van der Waals surface area contributed by atoms with Crippen molar-refractivity contribution in [3.63, 3.8) is 0 Å². The van der Waals surface area contributed by atoms with Crippen LogP contribution in [0.4, 0.5) is 4.39 Å². The highest BCUT2D eigenvalue weighted by atomic mass is 19.1. The van der Waals surface area contributed by atoms with Gasteiger partial charge in [0.15, 0.2) is 6.29 Å². The Labute approximate surface area is 93.7 Å². The van der Waals surface area contributed by atoms with Gasteiger partial charge in [-0.2, -0.15) is 0 Å². The summed E-state index contributed by atoms with van der Waals surface area (Å²) < 4.78 is 15.5. The maximum Gasteiger partial charge on any atom is 0.152 e. The van der Waals surface area contributed by atoms with E-state index in [0.29, 0.717) is 16.5 Å². The molecule has 1 heterocycles. The summed E-state index contributed by atoms with van der Waals surface area (Å²) in [7, 11) is 1.80. The van der Waals surface area contributed by atoms with Crippen molar-refractivity contribution in [3.05, 3.63) is 35.3 Å². The van der Waals surface area contributed by atoms with Crippen LogP contribution in [0.5, 0.6) is 0 Å². The van der Waals surface area contributed by atoms with Crippen molar-refractivity contribution in [2.45, 2.75) is 19.8 Å². The highest BCUT2D eigenvalue weighted by Crippen LogP contribution is 2.30. The van der Waals surface area contributed by atoms with E-state index in [1.54, 1.807) is 23.7 Å². The summed E-state index contributed by atoms with van der Waals surface area (Å²) in [6.45, 7) is 4.00. The van der Waals surface area contributed by atoms with Gasteiger partial charge in [-0.1, -0.05) is 26.0 Å². The second-order valence-electron chi connectivity index (χ2n) is 4.27. The molecule has 2 aromatic rings.